The monoisotopic (exact) mass is 255 g/mol. The molecule has 4 nitrogen and oxygen atoms in total. The number of aromatic amines is 1. The van der Waals surface area contributed by atoms with Crippen LogP contribution in [0, 0.1) is 12.3 Å². The maximum atomic E-state index is 12.0. The lowest BCUT2D eigenvalue weighted by Crippen LogP contribution is -2.71. The summed E-state index contributed by atoms with van der Waals surface area (Å²) in [7, 11) is 0. The number of H-pyrrole nitrogens is 1. The molecule has 4 rings (SSSR count). The average molecular weight is 255 g/mol. The molecule has 0 amide bonds. The summed E-state index contributed by atoms with van der Waals surface area (Å²) in [6.45, 7) is 6.40. The molecular weight excluding hydrogens is 238 g/mol. The molecule has 2 fully saturated rings. The number of benzene rings is 1. The quantitative estimate of drug-likeness (QED) is 0.806. The number of aromatic nitrogens is 1. The maximum absolute atomic E-state index is 12.0. The number of anilines is 1. The zero-order valence-electron chi connectivity index (χ0n) is 11.0. The van der Waals surface area contributed by atoms with Gasteiger partial charge >= 0.3 is 0 Å². The Morgan fingerprint density at radius 2 is 2.00 bits per heavy atom. The summed E-state index contributed by atoms with van der Waals surface area (Å²) >= 11 is 0. The first-order chi connectivity index (χ1) is 9.15. The van der Waals surface area contributed by atoms with Gasteiger partial charge in [-0.05, 0) is 25.1 Å². The highest BCUT2D eigenvalue weighted by molar-refractivity contribution is 5.82. The van der Waals surface area contributed by atoms with E-state index in [-0.39, 0.29) is 5.43 Å². The number of hydrogen-bond donors (Lipinski definition) is 2. The molecule has 2 aromatic rings. The normalized spacial score (nSPS) is 20.4. The molecular formula is C15H17N3O. The fourth-order valence-electron chi connectivity index (χ4n) is 3.21. The van der Waals surface area contributed by atoms with E-state index in [1.807, 2.05) is 19.1 Å². The number of fused-ring (bicyclic) bond motifs is 1. The molecule has 2 aliphatic rings. The van der Waals surface area contributed by atoms with Crippen LogP contribution in [0.1, 0.15) is 5.69 Å². The Hall–Kier alpha value is -1.81. The molecule has 1 spiro atoms. The average Bonchev–Trinajstić information content (AvgIpc) is 2.25. The molecule has 19 heavy (non-hydrogen) atoms. The van der Waals surface area contributed by atoms with E-state index in [1.54, 1.807) is 6.07 Å². The molecule has 0 radical (unpaired) electrons. The van der Waals surface area contributed by atoms with Crippen LogP contribution in [0.5, 0.6) is 0 Å². The van der Waals surface area contributed by atoms with Crippen molar-refractivity contribution >= 4 is 16.6 Å². The van der Waals surface area contributed by atoms with E-state index < -0.39 is 0 Å². The molecule has 0 aliphatic carbocycles. The Labute approximate surface area is 111 Å². The van der Waals surface area contributed by atoms with Gasteiger partial charge in [0, 0.05) is 59.9 Å². The van der Waals surface area contributed by atoms with Gasteiger partial charge in [-0.3, -0.25) is 4.79 Å². The lowest BCUT2D eigenvalue weighted by Gasteiger charge is -2.57. The Morgan fingerprint density at radius 3 is 2.68 bits per heavy atom. The largest absolute Gasteiger partial charge is 0.370 e. The minimum atomic E-state index is 0.105. The van der Waals surface area contributed by atoms with Crippen molar-refractivity contribution in [2.75, 3.05) is 31.1 Å². The van der Waals surface area contributed by atoms with Crippen LogP contribution in [0.3, 0.4) is 0 Å². The van der Waals surface area contributed by atoms with E-state index in [4.69, 9.17) is 0 Å². The summed E-state index contributed by atoms with van der Waals surface area (Å²) in [5.41, 5.74) is 3.62. The first kappa shape index (κ1) is 11.1. The Kier molecular flexibility index (Phi) is 2.10. The van der Waals surface area contributed by atoms with Crippen molar-refractivity contribution in [1.29, 1.82) is 0 Å². The van der Waals surface area contributed by atoms with E-state index >= 15 is 0 Å². The number of nitrogens with one attached hydrogen (secondary N) is 2. The van der Waals surface area contributed by atoms with Crippen LogP contribution < -0.4 is 15.6 Å². The number of nitrogens with zero attached hydrogens (tertiary/aromatic N) is 1. The van der Waals surface area contributed by atoms with Crippen LogP contribution in [0.15, 0.2) is 29.1 Å². The molecule has 0 unspecified atom stereocenters. The van der Waals surface area contributed by atoms with Crippen molar-refractivity contribution in [2.24, 2.45) is 5.41 Å². The summed E-state index contributed by atoms with van der Waals surface area (Å²) in [5.74, 6) is 0. The van der Waals surface area contributed by atoms with Gasteiger partial charge in [-0.2, -0.15) is 0 Å². The minimum Gasteiger partial charge on any atom is -0.370 e. The summed E-state index contributed by atoms with van der Waals surface area (Å²) < 4.78 is 0. The molecule has 0 bridgehead atoms. The van der Waals surface area contributed by atoms with E-state index in [0.29, 0.717) is 5.41 Å². The van der Waals surface area contributed by atoms with Gasteiger partial charge < -0.3 is 15.2 Å². The predicted octanol–water partition coefficient (Wildman–Crippen LogP) is 1.25. The third-order valence-electron chi connectivity index (χ3n) is 4.37. The van der Waals surface area contributed by atoms with Crippen molar-refractivity contribution in [3.8, 4) is 0 Å². The molecule has 2 saturated heterocycles. The first-order valence-corrected chi connectivity index (χ1v) is 6.75. The predicted molar refractivity (Wildman–Crippen MR) is 76.8 cm³/mol. The van der Waals surface area contributed by atoms with Crippen molar-refractivity contribution in [3.05, 3.63) is 40.2 Å². The van der Waals surface area contributed by atoms with Crippen molar-refractivity contribution in [2.45, 2.75) is 6.92 Å². The maximum Gasteiger partial charge on any atom is 0.189 e. The van der Waals surface area contributed by atoms with E-state index in [0.717, 1.165) is 42.8 Å². The van der Waals surface area contributed by atoms with E-state index in [1.165, 1.54) is 5.69 Å². The van der Waals surface area contributed by atoms with Crippen LogP contribution >= 0.6 is 0 Å². The molecule has 1 aromatic carbocycles. The SMILES string of the molecule is Cc1cc(=O)c2cc(N3CC4(CNC4)C3)ccc2[nH]1. The molecule has 1 aromatic heterocycles. The van der Waals surface area contributed by atoms with Gasteiger partial charge in [0.2, 0.25) is 0 Å². The number of pyridine rings is 1. The lowest BCUT2D eigenvalue weighted by atomic mass is 9.74. The molecule has 98 valence electrons. The topological polar surface area (TPSA) is 48.1 Å². The van der Waals surface area contributed by atoms with Gasteiger partial charge in [-0.15, -0.1) is 0 Å². The second-order valence-corrected chi connectivity index (χ2v) is 6.01. The van der Waals surface area contributed by atoms with Gasteiger partial charge in [0.25, 0.3) is 0 Å². The van der Waals surface area contributed by atoms with Crippen LogP contribution in [0.4, 0.5) is 5.69 Å². The zero-order chi connectivity index (χ0) is 13.0. The summed E-state index contributed by atoms with van der Waals surface area (Å²) in [5, 5.41) is 4.13. The van der Waals surface area contributed by atoms with E-state index in [9.17, 15) is 4.79 Å². The van der Waals surface area contributed by atoms with Gasteiger partial charge in [0.15, 0.2) is 5.43 Å². The number of hydrogen-bond acceptors (Lipinski definition) is 3. The molecule has 3 heterocycles. The third-order valence-corrected chi connectivity index (χ3v) is 4.37. The number of rotatable bonds is 1. The van der Waals surface area contributed by atoms with Crippen molar-refractivity contribution in [1.82, 2.24) is 10.3 Å². The molecule has 0 saturated carbocycles. The summed E-state index contributed by atoms with van der Waals surface area (Å²) in [6.07, 6.45) is 0. The Bertz CT molecular complexity index is 707. The fraction of sp³-hybridized carbons (Fsp3) is 0.400. The second kappa shape index (κ2) is 3.61. The standard InChI is InChI=1S/C15H17N3O/c1-10-4-14(19)12-5-11(2-3-13(12)17-10)18-8-15(9-18)6-16-7-15/h2-5,16H,6-9H2,1H3,(H,17,19). The Balaban J connectivity index is 1.71. The summed E-state index contributed by atoms with van der Waals surface area (Å²) in [6, 6.07) is 7.81. The second-order valence-electron chi connectivity index (χ2n) is 6.01. The van der Waals surface area contributed by atoms with Gasteiger partial charge in [0.1, 0.15) is 0 Å². The third kappa shape index (κ3) is 1.60. The zero-order valence-corrected chi connectivity index (χ0v) is 11.0. The van der Waals surface area contributed by atoms with Gasteiger partial charge in [0.05, 0.1) is 0 Å². The first-order valence-electron chi connectivity index (χ1n) is 6.75. The molecule has 4 heteroatoms. The van der Waals surface area contributed by atoms with Crippen LogP contribution in [-0.4, -0.2) is 31.2 Å². The lowest BCUT2D eigenvalue weighted by molar-refractivity contribution is 0.121. The van der Waals surface area contributed by atoms with E-state index in [2.05, 4.69) is 21.3 Å². The minimum absolute atomic E-state index is 0.105. The van der Waals surface area contributed by atoms with Crippen molar-refractivity contribution < 1.29 is 0 Å². The van der Waals surface area contributed by atoms with Crippen LogP contribution in [0.2, 0.25) is 0 Å². The molecule has 0 atom stereocenters. The number of aryl methyl sites for hydroxylation is 1. The van der Waals surface area contributed by atoms with Crippen molar-refractivity contribution in [3.63, 3.8) is 0 Å². The Morgan fingerprint density at radius 1 is 1.21 bits per heavy atom. The molecule has 2 aliphatic heterocycles. The highest BCUT2D eigenvalue weighted by Crippen LogP contribution is 2.37. The highest BCUT2D eigenvalue weighted by Gasteiger charge is 2.47. The van der Waals surface area contributed by atoms with Gasteiger partial charge in [-0.25, -0.2) is 0 Å². The fourth-order valence-corrected chi connectivity index (χ4v) is 3.21. The van der Waals surface area contributed by atoms with Crippen LogP contribution in [0.25, 0.3) is 10.9 Å². The molecule has 2 N–H and O–H groups in total. The summed E-state index contributed by atoms with van der Waals surface area (Å²) in [4.78, 5) is 17.6. The van der Waals surface area contributed by atoms with Crippen LogP contribution in [-0.2, 0) is 0 Å². The van der Waals surface area contributed by atoms with Gasteiger partial charge in [-0.1, -0.05) is 0 Å². The smallest absolute Gasteiger partial charge is 0.189 e. The highest BCUT2D eigenvalue weighted by atomic mass is 16.1.